The molecule has 1 atom stereocenters. The van der Waals surface area contributed by atoms with Crippen LogP contribution in [0.4, 0.5) is 0 Å². The minimum Gasteiger partial charge on any atom is -0.341 e. The van der Waals surface area contributed by atoms with Crippen molar-refractivity contribution in [1.82, 2.24) is 19.9 Å². The van der Waals surface area contributed by atoms with E-state index in [-0.39, 0.29) is 0 Å². The second-order valence-corrected chi connectivity index (χ2v) is 8.45. The Labute approximate surface area is 176 Å². The van der Waals surface area contributed by atoms with Crippen LogP contribution in [0.3, 0.4) is 0 Å². The van der Waals surface area contributed by atoms with Crippen molar-refractivity contribution in [3.8, 4) is 0 Å². The Morgan fingerprint density at radius 2 is 2.07 bits per heavy atom. The zero-order valence-electron chi connectivity index (χ0n) is 18.0. The van der Waals surface area contributed by atoms with Gasteiger partial charge < -0.3 is 10.7 Å². The summed E-state index contributed by atoms with van der Waals surface area (Å²) in [6.07, 6.45) is 7.60. The summed E-state index contributed by atoms with van der Waals surface area (Å²) in [5, 5.41) is 0. The molecule has 5 nitrogen and oxygen atoms in total. The number of nitrogens with two attached hydrogens (primary N) is 1. The third-order valence-corrected chi connectivity index (χ3v) is 6.51. The molecule has 0 saturated heterocycles. The second kappa shape index (κ2) is 8.76. The van der Waals surface area contributed by atoms with Crippen LogP contribution in [0.2, 0.25) is 0 Å². The van der Waals surface area contributed by atoms with Gasteiger partial charge >= 0.3 is 0 Å². The van der Waals surface area contributed by atoms with Crippen molar-refractivity contribution in [1.29, 1.82) is 0 Å². The third-order valence-electron chi connectivity index (χ3n) is 6.51. The maximum atomic E-state index is 5.77. The van der Waals surface area contributed by atoms with Gasteiger partial charge in [0.15, 0.2) is 0 Å². The Bertz CT molecular complexity index is 1000. The first kappa shape index (κ1) is 20.2. The van der Waals surface area contributed by atoms with Crippen LogP contribution in [-0.4, -0.2) is 56.5 Å². The van der Waals surface area contributed by atoms with Gasteiger partial charge in [-0.15, -0.1) is 0 Å². The number of benzene rings is 1. The lowest BCUT2D eigenvalue weighted by atomic mass is 9.72. The van der Waals surface area contributed by atoms with Gasteiger partial charge in [-0.2, -0.15) is 0 Å². The highest BCUT2D eigenvalue weighted by molar-refractivity contribution is 6.59. The van der Waals surface area contributed by atoms with Gasteiger partial charge in [0.2, 0.25) is 0 Å². The standard InChI is InChI=1S/C21H30B3N5/c22-14-11-15-21(19(24)18(14)23)28-17(27-15)12-29(10-2-1-8-25)16-7-3-5-13-6-4-9-26-20(13)16/h4,6,9,11,16H,1-3,5,7-8,10,12,22-25H2,(H,27,28)/t16-/m0/s1. The highest BCUT2D eigenvalue weighted by Gasteiger charge is 2.27. The molecular formula is C21H30B3N5. The second-order valence-electron chi connectivity index (χ2n) is 8.45. The first-order chi connectivity index (χ1) is 14.1. The molecule has 2 aromatic heterocycles. The molecule has 0 amide bonds. The van der Waals surface area contributed by atoms with E-state index in [1.54, 1.807) is 0 Å². The van der Waals surface area contributed by atoms with Crippen molar-refractivity contribution >= 4 is 51.0 Å². The van der Waals surface area contributed by atoms with E-state index in [1.165, 1.54) is 34.1 Å². The molecule has 1 aliphatic rings. The molecule has 0 radical (unpaired) electrons. The van der Waals surface area contributed by atoms with Gasteiger partial charge in [0, 0.05) is 6.20 Å². The number of imidazole rings is 1. The van der Waals surface area contributed by atoms with Crippen LogP contribution in [0.25, 0.3) is 11.0 Å². The summed E-state index contributed by atoms with van der Waals surface area (Å²) in [5.41, 5.74) is 14.6. The van der Waals surface area contributed by atoms with E-state index < -0.39 is 0 Å². The monoisotopic (exact) mass is 385 g/mol. The summed E-state index contributed by atoms with van der Waals surface area (Å²) in [6, 6.07) is 6.88. The molecule has 1 aliphatic carbocycles. The van der Waals surface area contributed by atoms with Crippen LogP contribution >= 0.6 is 0 Å². The fourth-order valence-corrected chi connectivity index (χ4v) is 4.64. The van der Waals surface area contributed by atoms with Gasteiger partial charge in [0.25, 0.3) is 0 Å². The van der Waals surface area contributed by atoms with Crippen molar-refractivity contribution in [2.75, 3.05) is 13.1 Å². The lowest BCUT2D eigenvalue weighted by Crippen LogP contribution is -2.39. The van der Waals surface area contributed by atoms with E-state index in [0.717, 1.165) is 62.2 Å². The quantitative estimate of drug-likeness (QED) is 0.378. The number of fused-ring (bicyclic) bond motifs is 2. The summed E-state index contributed by atoms with van der Waals surface area (Å²) in [6.45, 7) is 2.58. The minimum absolute atomic E-state index is 0.357. The number of pyridine rings is 1. The zero-order chi connectivity index (χ0) is 20.4. The van der Waals surface area contributed by atoms with Gasteiger partial charge in [-0.1, -0.05) is 22.5 Å². The van der Waals surface area contributed by atoms with E-state index in [0.29, 0.717) is 6.04 Å². The van der Waals surface area contributed by atoms with Gasteiger partial charge in [0.05, 0.1) is 29.3 Å². The normalized spacial score (nSPS) is 16.4. The molecule has 0 aliphatic heterocycles. The van der Waals surface area contributed by atoms with Crippen LogP contribution in [0.15, 0.2) is 24.4 Å². The van der Waals surface area contributed by atoms with E-state index >= 15 is 0 Å². The van der Waals surface area contributed by atoms with Crippen LogP contribution in [0.5, 0.6) is 0 Å². The average Bonchev–Trinajstić information content (AvgIpc) is 3.13. The molecule has 0 bridgehead atoms. The molecule has 0 spiro atoms. The Morgan fingerprint density at radius 3 is 2.90 bits per heavy atom. The van der Waals surface area contributed by atoms with Crippen LogP contribution in [0, 0.1) is 0 Å². The molecule has 0 fully saturated rings. The number of nitrogens with zero attached hydrogens (tertiary/aromatic N) is 3. The summed E-state index contributed by atoms with van der Waals surface area (Å²) in [4.78, 5) is 15.9. The molecule has 0 unspecified atom stereocenters. The Kier molecular flexibility index (Phi) is 6.11. The van der Waals surface area contributed by atoms with E-state index in [9.17, 15) is 0 Å². The molecule has 4 rings (SSSR count). The molecule has 29 heavy (non-hydrogen) atoms. The third kappa shape index (κ3) is 4.14. The molecular weight excluding hydrogens is 355 g/mol. The van der Waals surface area contributed by atoms with Gasteiger partial charge in [-0.05, 0) is 62.9 Å². The number of rotatable bonds is 7. The molecule has 1 aromatic carbocycles. The Balaban J connectivity index is 1.65. The Hall–Kier alpha value is -2.05. The highest BCUT2D eigenvalue weighted by atomic mass is 15.2. The summed E-state index contributed by atoms with van der Waals surface area (Å²) in [7, 11) is 6.53. The van der Waals surface area contributed by atoms with Crippen LogP contribution in [0.1, 0.15) is 48.8 Å². The number of aryl methyl sites for hydroxylation is 1. The van der Waals surface area contributed by atoms with Crippen molar-refractivity contribution in [3.63, 3.8) is 0 Å². The number of hydrogen-bond donors (Lipinski definition) is 2. The zero-order valence-corrected chi connectivity index (χ0v) is 18.0. The van der Waals surface area contributed by atoms with Crippen molar-refractivity contribution < 1.29 is 0 Å². The first-order valence-electron chi connectivity index (χ1n) is 10.9. The number of H-pyrrole nitrogens is 1. The largest absolute Gasteiger partial charge is 0.341 e. The van der Waals surface area contributed by atoms with E-state index in [2.05, 4.69) is 51.6 Å². The maximum Gasteiger partial charge on any atom is 0.141 e. The van der Waals surface area contributed by atoms with Crippen LogP contribution < -0.4 is 22.1 Å². The molecule has 148 valence electrons. The lowest BCUT2D eigenvalue weighted by Gasteiger charge is -2.34. The predicted octanol–water partition coefficient (Wildman–Crippen LogP) is -1.65. The predicted molar refractivity (Wildman–Crippen MR) is 129 cm³/mol. The topological polar surface area (TPSA) is 70.8 Å². The maximum absolute atomic E-state index is 5.77. The number of aromatic nitrogens is 3. The van der Waals surface area contributed by atoms with E-state index in [1.807, 2.05) is 6.20 Å². The number of unbranched alkanes of at least 4 members (excludes halogenated alkanes) is 1. The molecule has 0 saturated carbocycles. The molecule has 3 N–H and O–H groups in total. The smallest absolute Gasteiger partial charge is 0.141 e. The van der Waals surface area contributed by atoms with E-state index in [4.69, 9.17) is 15.7 Å². The number of nitrogens with one attached hydrogen (secondary N) is 1. The highest BCUT2D eigenvalue weighted by Crippen LogP contribution is 2.33. The molecule has 3 aromatic rings. The SMILES string of the molecule is Bc1cc2[nH]c(CN(CCCCN)[C@H]3CCCc4cccnc43)nc2c(B)c1B. The van der Waals surface area contributed by atoms with Crippen molar-refractivity contribution in [2.24, 2.45) is 5.73 Å². The molecule has 2 heterocycles. The van der Waals surface area contributed by atoms with Crippen molar-refractivity contribution in [2.45, 2.75) is 44.7 Å². The Morgan fingerprint density at radius 1 is 1.21 bits per heavy atom. The average molecular weight is 385 g/mol. The summed E-state index contributed by atoms with van der Waals surface area (Å²) >= 11 is 0. The van der Waals surface area contributed by atoms with Gasteiger partial charge in [-0.3, -0.25) is 9.88 Å². The number of hydrogen-bond acceptors (Lipinski definition) is 4. The minimum atomic E-state index is 0.357. The summed E-state index contributed by atoms with van der Waals surface area (Å²) < 4.78 is 0. The summed E-state index contributed by atoms with van der Waals surface area (Å²) in [5.74, 6) is 1.05. The van der Waals surface area contributed by atoms with Gasteiger partial charge in [-0.25, -0.2) is 4.98 Å². The fraction of sp³-hybridized carbons (Fsp3) is 0.429. The molecule has 8 heteroatoms. The van der Waals surface area contributed by atoms with Crippen molar-refractivity contribution in [3.05, 3.63) is 41.5 Å². The number of aromatic amines is 1. The first-order valence-corrected chi connectivity index (χ1v) is 10.9. The fourth-order valence-electron chi connectivity index (χ4n) is 4.64. The van der Waals surface area contributed by atoms with Crippen LogP contribution in [-0.2, 0) is 13.0 Å². The lowest BCUT2D eigenvalue weighted by molar-refractivity contribution is 0.159. The van der Waals surface area contributed by atoms with Gasteiger partial charge in [0.1, 0.15) is 29.4 Å².